The Morgan fingerprint density at radius 1 is 1.28 bits per heavy atom. The van der Waals surface area contributed by atoms with Gasteiger partial charge in [-0.3, -0.25) is 9.78 Å². The van der Waals surface area contributed by atoms with Crippen LogP contribution in [0.25, 0.3) is 10.9 Å². The molecule has 0 spiro atoms. The molecule has 4 rings (SSSR count). The molecular formula is C21H28N4O4. The minimum absolute atomic E-state index is 0.0613. The second-order valence-electron chi connectivity index (χ2n) is 7.55. The monoisotopic (exact) mass is 400 g/mol. The van der Waals surface area contributed by atoms with Crippen LogP contribution in [-0.2, 0) is 14.3 Å². The molecule has 2 aromatic rings. The van der Waals surface area contributed by atoms with Crippen LogP contribution in [0.4, 0.5) is 5.82 Å². The number of hydrogen-bond donors (Lipinski definition) is 1. The molecule has 1 saturated carbocycles. The zero-order valence-corrected chi connectivity index (χ0v) is 16.8. The van der Waals surface area contributed by atoms with E-state index in [2.05, 4.69) is 15.2 Å². The van der Waals surface area contributed by atoms with Crippen molar-refractivity contribution in [1.29, 1.82) is 0 Å². The Morgan fingerprint density at radius 2 is 2.07 bits per heavy atom. The van der Waals surface area contributed by atoms with Gasteiger partial charge in [-0.2, -0.15) is 4.98 Å². The van der Waals surface area contributed by atoms with Gasteiger partial charge in [-0.15, -0.1) is 0 Å². The quantitative estimate of drug-likeness (QED) is 0.793. The molecule has 3 heterocycles. The number of fused-ring (bicyclic) bond motifs is 1. The summed E-state index contributed by atoms with van der Waals surface area (Å²) < 4.78 is 16.7. The first kappa shape index (κ1) is 19.8. The molecule has 29 heavy (non-hydrogen) atoms. The number of ether oxygens (including phenoxy) is 3. The molecule has 2 aliphatic rings. The fourth-order valence-corrected chi connectivity index (χ4v) is 3.96. The number of nitrogens with zero attached hydrogens (tertiary/aromatic N) is 3. The Morgan fingerprint density at radius 3 is 2.83 bits per heavy atom. The first-order valence-corrected chi connectivity index (χ1v) is 10.3. The Bertz CT molecular complexity index is 833. The third-order valence-corrected chi connectivity index (χ3v) is 5.48. The van der Waals surface area contributed by atoms with Crippen LogP contribution in [0, 0.1) is 0 Å². The number of rotatable bonds is 6. The third-order valence-electron chi connectivity index (χ3n) is 5.48. The van der Waals surface area contributed by atoms with Gasteiger partial charge in [0.25, 0.3) is 0 Å². The number of anilines is 1. The van der Waals surface area contributed by atoms with Gasteiger partial charge in [0.1, 0.15) is 18.5 Å². The standard InChI is InChI=1S/C21H28N4O4/c1-27-14-20(26)23-15-4-6-16(7-5-15)29-21-17-3-2-8-22-18(17)13-19(24-21)25-9-11-28-12-10-25/h2-3,8,13,15-16H,4-7,9-12,14H2,1H3,(H,23,26). The lowest BCUT2D eigenvalue weighted by Gasteiger charge is -2.31. The predicted molar refractivity (Wildman–Crippen MR) is 109 cm³/mol. The van der Waals surface area contributed by atoms with E-state index in [0.717, 1.165) is 55.5 Å². The molecule has 0 aromatic carbocycles. The summed E-state index contributed by atoms with van der Waals surface area (Å²) in [4.78, 5) is 23.3. The van der Waals surface area contributed by atoms with Crippen molar-refractivity contribution in [2.75, 3.05) is 44.9 Å². The summed E-state index contributed by atoms with van der Waals surface area (Å²) in [5.41, 5.74) is 0.888. The van der Waals surface area contributed by atoms with Crippen LogP contribution in [0.3, 0.4) is 0 Å². The van der Waals surface area contributed by atoms with E-state index in [1.165, 1.54) is 7.11 Å². The molecule has 0 radical (unpaired) electrons. The van der Waals surface area contributed by atoms with Crippen molar-refractivity contribution >= 4 is 22.6 Å². The lowest BCUT2D eigenvalue weighted by atomic mass is 9.93. The molecule has 8 nitrogen and oxygen atoms in total. The van der Waals surface area contributed by atoms with E-state index < -0.39 is 0 Å². The van der Waals surface area contributed by atoms with Crippen LogP contribution >= 0.6 is 0 Å². The lowest BCUT2D eigenvalue weighted by Crippen LogP contribution is -2.41. The van der Waals surface area contributed by atoms with Crippen molar-refractivity contribution in [3.63, 3.8) is 0 Å². The van der Waals surface area contributed by atoms with Crippen LogP contribution in [0.15, 0.2) is 24.4 Å². The normalized spacial score (nSPS) is 22.4. The molecule has 1 aliphatic carbocycles. The number of carbonyl (C=O) groups is 1. The summed E-state index contributed by atoms with van der Waals surface area (Å²) in [5, 5.41) is 3.95. The zero-order valence-electron chi connectivity index (χ0n) is 16.8. The molecule has 0 atom stereocenters. The Hall–Kier alpha value is -2.45. The number of hydrogen-bond acceptors (Lipinski definition) is 7. The fourth-order valence-electron chi connectivity index (χ4n) is 3.96. The van der Waals surface area contributed by atoms with Crippen molar-refractivity contribution in [2.45, 2.75) is 37.8 Å². The van der Waals surface area contributed by atoms with Crippen LogP contribution in [0.2, 0.25) is 0 Å². The lowest BCUT2D eigenvalue weighted by molar-refractivity contribution is -0.125. The van der Waals surface area contributed by atoms with Gasteiger partial charge in [0.05, 0.1) is 24.1 Å². The summed E-state index contributed by atoms with van der Waals surface area (Å²) in [5.74, 6) is 1.47. The summed E-state index contributed by atoms with van der Waals surface area (Å²) in [7, 11) is 1.53. The second-order valence-corrected chi connectivity index (χ2v) is 7.55. The van der Waals surface area contributed by atoms with Crippen molar-refractivity contribution in [1.82, 2.24) is 15.3 Å². The number of carbonyl (C=O) groups excluding carboxylic acids is 1. The highest BCUT2D eigenvalue weighted by Gasteiger charge is 2.25. The highest BCUT2D eigenvalue weighted by molar-refractivity contribution is 5.85. The van der Waals surface area contributed by atoms with Gasteiger partial charge in [-0.05, 0) is 37.8 Å². The van der Waals surface area contributed by atoms with Gasteiger partial charge < -0.3 is 24.4 Å². The van der Waals surface area contributed by atoms with Crippen molar-refractivity contribution in [2.24, 2.45) is 0 Å². The average molecular weight is 400 g/mol. The number of morpholine rings is 1. The largest absolute Gasteiger partial charge is 0.474 e. The fraction of sp³-hybridized carbons (Fsp3) is 0.571. The SMILES string of the molecule is COCC(=O)NC1CCC(Oc2nc(N3CCOCC3)cc3ncccc23)CC1. The van der Waals surface area contributed by atoms with Gasteiger partial charge in [-0.1, -0.05) is 0 Å². The third kappa shape index (κ3) is 4.94. The van der Waals surface area contributed by atoms with Gasteiger partial charge in [-0.25, -0.2) is 0 Å². The van der Waals surface area contributed by atoms with Gasteiger partial charge >= 0.3 is 0 Å². The molecule has 0 bridgehead atoms. The number of amides is 1. The van der Waals surface area contributed by atoms with Gasteiger partial charge in [0.15, 0.2) is 0 Å². The van der Waals surface area contributed by atoms with E-state index in [4.69, 9.17) is 19.2 Å². The maximum atomic E-state index is 11.7. The van der Waals surface area contributed by atoms with E-state index in [-0.39, 0.29) is 24.7 Å². The van der Waals surface area contributed by atoms with Crippen molar-refractivity contribution in [3.8, 4) is 5.88 Å². The van der Waals surface area contributed by atoms with Gasteiger partial charge in [0, 0.05) is 38.5 Å². The van der Waals surface area contributed by atoms with E-state index in [1.807, 2.05) is 18.2 Å². The average Bonchev–Trinajstić information content (AvgIpc) is 2.76. The molecule has 2 fully saturated rings. The Kier molecular flexibility index (Phi) is 6.41. The number of aromatic nitrogens is 2. The summed E-state index contributed by atoms with van der Waals surface area (Å²) in [6.07, 6.45) is 5.41. The van der Waals surface area contributed by atoms with E-state index in [9.17, 15) is 4.79 Å². The van der Waals surface area contributed by atoms with Crippen LogP contribution in [0.1, 0.15) is 25.7 Å². The Balaban J connectivity index is 1.45. The maximum Gasteiger partial charge on any atom is 0.246 e. The number of pyridine rings is 2. The van der Waals surface area contributed by atoms with Crippen LogP contribution < -0.4 is 15.0 Å². The second kappa shape index (κ2) is 9.37. The molecule has 1 aliphatic heterocycles. The van der Waals surface area contributed by atoms with E-state index in [1.54, 1.807) is 6.20 Å². The molecule has 1 N–H and O–H groups in total. The first-order valence-electron chi connectivity index (χ1n) is 10.3. The maximum absolute atomic E-state index is 11.7. The van der Waals surface area contributed by atoms with Crippen LogP contribution in [-0.4, -0.2) is 68.0 Å². The molecule has 0 unspecified atom stereocenters. The molecule has 8 heteroatoms. The summed E-state index contributed by atoms with van der Waals surface area (Å²) in [6.45, 7) is 3.15. The molecule has 1 amide bonds. The molecule has 1 saturated heterocycles. The van der Waals surface area contributed by atoms with E-state index in [0.29, 0.717) is 19.1 Å². The highest BCUT2D eigenvalue weighted by Crippen LogP contribution is 2.30. The number of nitrogens with one attached hydrogen (secondary N) is 1. The molecular weight excluding hydrogens is 372 g/mol. The minimum atomic E-state index is -0.0613. The minimum Gasteiger partial charge on any atom is -0.474 e. The van der Waals surface area contributed by atoms with Crippen molar-refractivity contribution in [3.05, 3.63) is 24.4 Å². The predicted octanol–water partition coefficient (Wildman–Crippen LogP) is 1.92. The zero-order chi connectivity index (χ0) is 20.1. The first-order chi connectivity index (χ1) is 14.2. The van der Waals surface area contributed by atoms with Gasteiger partial charge in [0.2, 0.25) is 11.8 Å². The summed E-state index contributed by atoms with van der Waals surface area (Å²) in [6, 6.07) is 6.12. The smallest absolute Gasteiger partial charge is 0.246 e. The molecule has 156 valence electrons. The topological polar surface area (TPSA) is 85.8 Å². The summed E-state index contributed by atoms with van der Waals surface area (Å²) >= 11 is 0. The highest BCUT2D eigenvalue weighted by atomic mass is 16.5. The molecule has 2 aromatic heterocycles. The van der Waals surface area contributed by atoms with Crippen molar-refractivity contribution < 1.29 is 19.0 Å². The van der Waals surface area contributed by atoms with Crippen LogP contribution in [0.5, 0.6) is 5.88 Å². The Labute approximate surface area is 170 Å². The van der Waals surface area contributed by atoms with E-state index >= 15 is 0 Å². The number of methoxy groups -OCH3 is 1.